The molecule has 1 aromatic rings. The van der Waals surface area contributed by atoms with Gasteiger partial charge in [-0.25, -0.2) is 4.39 Å². The van der Waals surface area contributed by atoms with Crippen LogP contribution < -0.4 is 5.32 Å². The van der Waals surface area contributed by atoms with E-state index in [0.717, 1.165) is 42.5 Å². The standard InChI is InChI=1S/C22H34Cl2FNOSi/c1-4-28(5-2,6-3)27-21(22-19(23)13-16(25)14-20(22)24)10-7-15-11-17-8-9-18(12-15)26-17/h13-15,17-18,21,26H,4-12H2,1-3H3. The summed E-state index contributed by atoms with van der Waals surface area (Å²) in [5, 5.41) is 4.51. The molecule has 2 bridgehead atoms. The van der Waals surface area contributed by atoms with Crippen molar-refractivity contribution in [2.75, 3.05) is 0 Å². The summed E-state index contributed by atoms with van der Waals surface area (Å²) >= 11 is 12.9. The largest absolute Gasteiger partial charge is 0.410 e. The van der Waals surface area contributed by atoms with Crippen molar-refractivity contribution in [2.24, 2.45) is 5.92 Å². The molecule has 2 saturated heterocycles. The Hall–Kier alpha value is -0.133. The van der Waals surface area contributed by atoms with Gasteiger partial charge in [-0.1, -0.05) is 44.0 Å². The fourth-order valence-corrected chi connectivity index (χ4v) is 8.77. The minimum absolute atomic E-state index is 0.139. The Balaban J connectivity index is 1.80. The van der Waals surface area contributed by atoms with Crippen molar-refractivity contribution in [3.05, 3.63) is 33.6 Å². The lowest BCUT2D eigenvalue weighted by molar-refractivity contribution is 0.159. The van der Waals surface area contributed by atoms with E-state index in [2.05, 4.69) is 26.1 Å². The molecule has 2 nitrogen and oxygen atoms in total. The summed E-state index contributed by atoms with van der Waals surface area (Å²) in [6.45, 7) is 6.69. The van der Waals surface area contributed by atoms with Crippen LogP contribution in [-0.2, 0) is 4.43 Å². The van der Waals surface area contributed by atoms with Crippen LogP contribution in [0.15, 0.2) is 12.1 Å². The van der Waals surface area contributed by atoms with Crippen molar-refractivity contribution in [3.8, 4) is 0 Å². The molecule has 0 radical (unpaired) electrons. The van der Waals surface area contributed by atoms with Crippen LogP contribution in [0.3, 0.4) is 0 Å². The van der Waals surface area contributed by atoms with Crippen LogP contribution in [0.4, 0.5) is 4.39 Å². The van der Waals surface area contributed by atoms with Gasteiger partial charge in [-0.15, -0.1) is 0 Å². The molecule has 3 rings (SSSR count). The number of nitrogens with one attached hydrogen (secondary N) is 1. The van der Waals surface area contributed by atoms with Crippen molar-refractivity contribution in [3.63, 3.8) is 0 Å². The summed E-state index contributed by atoms with van der Waals surface area (Å²) in [5.74, 6) is 0.334. The highest BCUT2D eigenvalue weighted by molar-refractivity contribution is 6.73. The second-order valence-electron chi connectivity index (χ2n) is 8.69. The molecule has 1 N–H and O–H groups in total. The number of fused-ring (bicyclic) bond motifs is 2. The van der Waals surface area contributed by atoms with Gasteiger partial charge in [0, 0.05) is 17.6 Å². The molecule has 158 valence electrons. The molecule has 28 heavy (non-hydrogen) atoms. The van der Waals surface area contributed by atoms with Gasteiger partial charge in [-0.2, -0.15) is 0 Å². The summed E-state index contributed by atoms with van der Waals surface area (Å²) in [6.07, 6.45) is 7.02. The average Bonchev–Trinajstić information content (AvgIpc) is 3.01. The molecular formula is C22H34Cl2FNOSi. The van der Waals surface area contributed by atoms with E-state index < -0.39 is 14.1 Å². The second kappa shape index (κ2) is 9.78. The summed E-state index contributed by atoms with van der Waals surface area (Å²) in [4.78, 5) is 0. The van der Waals surface area contributed by atoms with Gasteiger partial charge in [0.2, 0.25) is 0 Å². The Bertz CT molecular complexity index is 627. The molecule has 0 aromatic heterocycles. The molecule has 2 aliphatic rings. The van der Waals surface area contributed by atoms with E-state index in [1.807, 2.05) is 0 Å². The van der Waals surface area contributed by atoms with Gasteiger partial charge >= 0.3 is 0 Å². The number of piperidine rings is 1. The summed E-state index contributed by atoms with van der Waals surface area (Å²) in [5.41, 5.74) is 0.786. The number of halogens is 3. The van der Waals surface area contributed by atoms with Gasteiger partial charge in [0.15, 0.2) is 8.32 Å². The van der Waals surface area contributed by atoms with Gasteiger partial charge in [0.1, 0.15) is 5.82 Å². The molecule has 2 aliphatic heterocycles. The smallest absolute Gasteiger partial charge is 0.192 e. The predicted molar refractivity (Wildman–Crippen MR) is 119 cm³/mol. The van der Waals surface area contributed by atoms with Crippen LogP contribution in [0.1, 0.15) is 71.0 Å². The summed E-state index contributed by atoms with van der Waals surface area (Å²) in [7, 11) is -1.85. The fraction of sp³-hybridized carbons (Fsp3) is 0.727. The van der Waals surface area contributed by atoms with Crippen molar-refractivity contribution < 1.29 is 8.82 Å². The Labute approximate surface area is 180 Å². The third-order valence-electron chi connectivity index (χ3n) is 7.10. The number of benzene rings is 1. The zero-order chi connectivity index (χ0) is 20.3. The molecule has 3 atom stereocenters. The molecule has 2 heterocycles. The third-order valence-corrected chi connectivity index (χ3v) is 12.4. The van der Waals surface area contributed by atoms with Crippen molar-refractivity contribution >= 4 is 31.5 Å². The van der Waals surface area contributed by atoms with Crippen molar-refractivity contribution in [1.29, 1.82) is 0 Å². The lowest BCUT2D eigenvalue weighted by Crippen LogP contribution is -2.39. The van der Waals surface area contributed by atoms with Crippen LogP contribution in [0.25, 0.3) is 0 Å². The normalized spacial score (nSPS) is 25.9. The Kier molecular flexibility index (Phi) is 7.88. The van der Waals surface area contributed by atoms with E-state index in [-0.39, 0.29) is 6.10 Å². The molecule has 3 unspecified atom stereocenters. The molecule has 0 spiro atoms. The highest BCUT2D eigenvalue weighted by atomic mass is 35.5. The minimum Gasteiger partial charge on any atom is -0.410 e. The monoisotopic (exact) mass is 445 g/mol. The average molecular weight is 447 g/mol. The Morgan fingerprint density at radius 1 is 1.07 bits per heavy atom. The first-order valence-electron chi connectivity index (χ1n) is 11.0. The molecule has 1 aromatic carbocycles. The van der Waals surface area contributed by atoms with Gasteiger partial charge in [0.05, 0.1) is 16.1 Å². The van der Waals surface area contributed by atoms with Crippen LogP contribution in [0.2, 0.25) is 28.2 Å². The van der Waals surface area contributed by atoms with Gasteiger partial charge in [-0.3, -0.25) is 0 Å². The Morgan fingerprint density at radius 3 is 2.11 bits per heavy atom. The zero-order valence-corrected chi connectivity index (χ0v) is 19.9. The fourth-order valence-electron chi connectivity index (χ4n) is 5.22. The second-order valence-corrected chi connectivity index (χ2v) is 14.2. The minimum atomic E-state index is -1.85. The highest BCUT2D eigenvalue weighted by Crippen LogP contribution is 2.42. The maximum atomic E-state index is 13.8. The summed E-state index contributed by atoms with van der Waals surface area (Å²) in [6, 6.07) is 7.35. The SMILES string of the molecule is CC[Si](CC)(CC)OC(CCC1CC2CCC(C1)N2)c1c(Cl)cc(F)cc1Cl. The van der Waals surface area contributed by atoms with Crippen LogP contribution in [0.5, 0.6) is 0 Å². The lowest BCUT2D eigenvalue weighted by atomic mass is 9.87. The van der Waals surface area contributed by atoms with E-state index in [9.17, 15) is 4.39 Å². The molecular weight excluding hydrogens is 412 g/mol. The predicted octanol–water partition coefficient (Wildman–Crippen LogP) is 7.51. The van der Waals surface area contributed by atoms with Crippen LogP contribution in [-0.4, -0.2) is 20.4 Å². The van der Waals surface area contributed by atoms with E-state index in [0.29, 0.717) is 22.1 Å². The first kappa shape index (κ1) is 22.5. The molecule has 2 fully saturated rings. The van der Waals surface area contributed by atoms with Crippen molar-refractivity contribution in [2.45, 2.75) is 95.6 Å². The number of hydrogen-bond acceptors (Lipinski definition) is 2. The number of hydrogen-bond donors (Lipinski definition) is 1. The van der Waals surface area contributed by atoms with Gasteiger partial charge in [-0.05, 0) is 74.7 Å². The van der Waals surface area contributed by atoms with Crippen LogP contribution in [0, 0.1) is 11.7 Å². The quantitative estimate of drug-likeness (QED) is 0.397. The maximum absolute atomic E-state index is 13.8. The summed E-state index contributed by atoms with van der Waals surface area (Å²) < 4.78 is 20.6. The Morgan fingerprint density at radius 2 is 1.61 bits per heavy atom. The lowest BCUT2D eigenvalue weighted by Gasteiger charge is -2.36. The topological polar surface area (TPSA) is 21.3 Å². The van der Waals surface area contributed by atoms with Gasteiger partial charge in [0.25, 0.3) is 0 Å². The van der Waals surface area contributed by atoms with Crippen LogP contribution >= 0.6 is 23.2 Å². The molecule has 0 aliphatic carbocycles. The maximum Gasteiger partial charge on any atom is 0.192 e. The highest BCUT2D eigenvalue weighted by Gasteiger charge is 2.36. The zero-order valence-electron chi connectivity index (χ0n) is 17.4. The first-order chi connectivity index (χ1) is 13.4. The van der Waals surface area contributed by atoms with E-state index in [4.69, 9.17) is 27.6 Å². The van der Waals surface area contributed by atoms with E-state index >= 15 is 0 Å². The third kappa shape index (κ3) is 5.12. The first-order valence-corrected chi connectivity index (χ1v) is 14.3. The molecule has 0 saturated carbocycles. The molecule has 0 amide bonds. The van der Waals surface area contributed by atoms with E-state index in [1.165, 1.54) is 37.8 Å². The van der Waals surface area contributed by atoms with E-state index in [1.54, 1.807) is 0 Å². The van der Waals surface area contributed by atoms with Crippen molar-refractivity contribution in [1.82, 2.24) is 5.32 Å². The van der Waals surface area contributed by atoms with Gasteiger partial charge < -0.3 is 9.74 Å². The molecule has 6 heteroatoms. The number of rotatable bonds is 9.